The summed E-state index contributed by atoms with van der Waals surface area (Å²) in [5, 5.41) is 38.6. The molecule has 2 heterocycles. The Labute approximate surface area is 231 Å². The molecule has 8 nitrogen and oxygen atoms in total. The monoisotopic (exact) mass is 608 g/mol. The number of benzene rings is 2. The molecular weight excluding hydrogens is 601 g/mol. The Bertz CT molecular complexity index is 1480. The molecule has 0 amide bonds. The smallest absolute Gasteiger partial charge is 0.215 e. The lowest BCUT2D eigenvalue weighted by Crippen LogP contribution is -2.13. The first-order valence-electron chi connectivity index (χ1n) is 9.49. The summed E-state index contributed by atoms with van der Waals surface area (Å²) < 4.78 is 1.02. The van der Waals surface area contributed by atoms with Crippen molar-refractivity contribution >= 4 is 81.2 Å². The molecule has 0 saturated carbocycles. The second kappa shape index (κ2) is 9.63. The number of rotatable bonds is 5. The SMILES string of the molecule is O=C(c1cc(Cl)c(O)cc1O)c1[nH]c(Cl)c(Cl)c1-n1c(C(=O)c2cc(Cl)c(O)cc2O)cc(Cl)c1Cl. The van der Waals surface area contributed by atoms with Gasteiger partial charge in [0, 0.05) is 12.1 Å². The van der Waals surface area contributed by atoms with Crippen molar-refractivity contribution in [2.75, 3.05) is 0 Å². The van der Waals surface area contributed by atoms with Crippen LogP contribution in [-0.2, 0) is 0 Å². The van der Waals surface area contributed by atoms with Crippen LogP contribution >= 0.6 is 69.6 Å². The number of aromatic amines is 1. The van der Waals surface area contributed by atoms with Crippen molar-refractivity contribution < 1.29 is 30.0 Å². The summed E-state index contributed by atoms with van der Waals surface area (Å²) in [7, 11) is 0. The lowest BCUT2D eigenvalue weighted by molar-refractivity contribution is 0.101. The van der Waals surface area contributed by atoms with Crippen LogP contribution in [0.1, 0.15) is 32.1 Å². The van der Waals surface area contributed by atoms with Crippen molar-refractivity contribution in [2.24, 2.45) is 0 Å². The zero-order chi connectivity index (χ0) is 26.6. The highest BCUT2D eigenvalue weighted by Crippen LogP contribution is 2.42. The van der Waals surface area contributed by atoms with E-state index in [-0.39, 0.29) is 58.6 Å². The van der Waals surface area contributed by atoms with Crippen molar-refractivity contribution in [1.29, 1.82) is 0 Å². The van der Waals surface area contributed by atoms with Crippen LogP contribution in [0.2, 0.25) is 30.4 Å². The Morgan fingerprint density at radius 3 is 1.69 bits per heavy atom. The second-order valence-corrected chi connectivity index (χ2v) is 9.62. The summed E-state index contributed by atoms with van der Waals surface area (Å²) in [5.74, 6) is -3.86. The maximum atomic E-state index is 13.4. The highest BCUT2D eigenvalue weighted by atomic mass is 35.5. The van der Waals surface area contributed by atoms with Crippen LogP contribution in [0.3, 0.4) is 0 Å². The van der Waals surface area contributed by atoms with Gasteiger partial charge >= 0.3 is 0 Å². The Kier molecular flexibility index (Phi) is 7.04. The van der Waals surface area contributed by atoms with Gasteiger partial charge in [0.1, 0.15) is 44.0 Å². The van der Waals surface area contributed by atoms with Gasteiger partial charge in [0.05, 0.1) is 37.6 Å². The largest absolute Gasteiger partial charge is 0.507 e. The van der Waals surface area contributed by atoms with Crippen LogP contribution in [0.25, 0.3) is 5.69 Å². The van der Waals surface area contributed by atoms with E-state index in [1.807, 2.05) is 0 Å². The van der Waals surface area contributed by atoms with Gasteiger partial charge in [0.2, 0.25) is 11.6 Å². The number of aromatic nitrogens is 2. The molecule has 0 aliphatic carbocycles. The van der Waals surface area contributed by atoms with Gasteiger partial charge in [-0.3, -0.25) is 14.2 Å². The van der Waals surface area contributed by atoms with Gasteiger partial charge in [-0.15, -0.1) is 0 Å². The van der Waals surface area contributed by atoms with Crippen molar-refractivity contribution in [3.05, 3.63) is 83.2 Å². The van der Waals surface area contributed by atoms with E-state index in [2.05, 4.69) is 4.98 Å². The van der Waals surface area contributed by atoms with Crippen LogP contribution in [-0.4, -0.2) is 41.5 Å². The molecule has 36 heavy (non-hydrogen) atoms. The van der Waals surface area contributed by atoms with Gasteiger partial charge in [0.25, 0.3) is 0 Å². The molecule has 0 saturated heterocycles. The average molecular weight is 611 g/mol. The van der Waals surface area contributed by atoms with Crippen LogP contribution in [0.5, 0.6) is 23.0 Å². The molecule has 186 valence electrons. The Morgan fingerprint density at radius 1 is 0.667 bits per heavy atom. The van der Waals surface area contributed by atoms with Crippen molar-refractivity contribution in [2.45, 2.75) is 0 Å². The van der Waals surface area contributed by atoms with E-state index in [0.717, 1.165) is 34.9 Å². The molecule has 2 aromatic heterocycles. The van der Waals surface area contributed by atoms with E-state index < -0.39 is 34.6 Å². The number of aromatic hydroxyl groups is 4. The van der Waals surface area contributed by atoms with E-state index in [4.69, 9.17) is 69.6 Å². The maximum absolute atomic E-state index is 13.4. The highest BCUT2D eigenvalue weighted by molar-refractivity contribution is 6.45. The fraction of sp³-hybridized carbons (Fsp3) is 0. The first-order chi connectivity index (χ1) is 16.8. The van der Waals surface area contributed by atoms with Gasteiger partial charge in [-0.1, -0.05) is 69.6 Å². The van der Waals surface area contributed by atoms with E-state index in [0.29, 0.717) is 0 Å². The predicted octanol–water partition coefficient (Wildman–Crippen LogP) is 7.01. The van der Waals surface area contributed by atoms with Crippen molar-refractivity contribution in [1.82, 2.24) is 9.55 Å². The third kappa shape index (κ3) is 4.34. The summed E-state index contributed by atoms with van der Waals surface area (Å²) in [6, 6.07) is 4.95. The van der Waals surface area contributed by atoms with Gasteiger partial charge in [-0.25, -0.2) is 0 Å². The fourth-order valence-electron chi connectivity index (χ4n) is 3.39. The number of nitrogens with one attached hydrogen (secondary N) is 1. The normalized spacial score (nSPS) is 11.2. The molecule has 0 spiro atoms. The third-order valence-corrected chi connectivity index (χ3v) is 7.18. The number of hydrogen-bond donors (Lipinski definition) is 5. The molecule has 0 aliphatic rings. The maximum Gasteiger partial charge on any atom is 0.215 e. The average Bonchev–Trinajstić information content (AvgIpc) is 3.27. The molecule has 4 aromatic rings. The summed E-state index contributed by atoms with van der Waals surface area (Å²) in [5.41, 5.74) is -1.45. The minimum Gasteiger partial charge on any atom is -0.507 e. The van der Waals surface area contributed by atoms with E-state index in [1.165, 1.54) is 0 Å². The zero-order valence-corrected chi connectivity index (χ0v) is 21.7. The second-order valence-electron chi connectivity index (χ2n) is 7.28. The Balaban J connectivity index is 1.96. The predicted molar refractivity (Wildman–Crippen MR) is 137 cm³/mol. The van der Waals surface area contributed by atoms with Crippen LogP contribution in [0.4, 0.5) is 0 Å². The van der Waals surface area contributed by atoms with Crippen LogP contribution < -0.4 is 0 Å². The van der Waals surface area contributed by atoms with Gasteiger partial charge in [-0.05, 0) is 18.2 Å². The molecule has 5 N–H and O–H groups in total. The zero-order valence-electron chi connectivity index (χ0n) is 17.2. The van der Waals surface area contributed by atoms with Gasteiger partial charge in [0.15, 0.2) is 0 Å². The first-order valence-corrected chi connectivity index (χ1v) is 11.8. The number of ketones is 2. The molecule has 0 fully saturated rings. The van der Waals surface area contributed by atoms with E-state index in [1.54, 1.807) is 0 Å². The lowest BCUT2D eigenvalue weighted by atomic mass is 10.0. The van der Waals surface area contributed by atoms with Gasteiger partial charge in [-0.2, -0.15) is 0 Å². The number of halogens is 6. The molecule has 2 aromatic carbocycles. The quantitative estimate of drug-likeness (QED) is 0.154. The topological polar surface area (TPSA) is 136 Å². The number of phenols is 4. The minimum absolute atomic E-state index is 0.119. The summed E-state index contributed by atoms with van der Waals surface area (Å²) >= 11 is 36.9. The number of carbonyl (C=O) groups is 2. The Morgan fingerprint density at radius 2 is 1.17 bits per heavy atom. The number of hydrogen-bond acceptors (Lipinski definition) is 6. The lowest BCUT2D eigenvalue weighted by Gasteiger charge is -2.13. The molecule has 0 bridgehead atoms. The molecule has 0 atom stereocenters. The summed E-state index contributed by atoms with van der Waals surface area (Å²) in [4.78, 5) is 29.4. The number of phenolic OH excluding ortho intramolecular Hbond substituents is 4. The van der Waals surface area contributed by atoms with Crippen LogP contribution in [0, 0.1) is 0 Å². The highest BCUT2D eigenvalue weighted by Gasteiger charge is 2.31. The fourth-order valence-corrected chi connectivity index (χ4v) is 4.55. The number of nitrogens with zero attached hydrogens (tertiary/aromatic N) is 1. The van der Waals surface area contributed by atoms with E-state index in [9.17, 15) is 30.0 Å². The molecule has 0 aliphatic heterocycles. The number of H-pyrrole nitrogens is 1. The molecule has 14 heteroatoms. The molecule has 0 radical (unpaired) electrons. The standard InChI is InChI=1S/C22H10Cl6N2O6/c23-8-1-6(12(31)4-14(8)33)19(35)11-3-10(25)22(28)30(11)18-16(26)21(27)29-17(18)20(36)7-2-9(24)15(34)5-13(7)32/h1-5,29,31-34H. The summed E-state index contributed by atoms with van der Waals surface area (Å²) in [6.07, 6.45) is 0. The summed E-state index contributed by atoms with van der Waals surface area (Å²) in [6.45, 7) is 0. The molecule has 0 unspecified atom stereocenters. The molecule has 4 rings (SSSR count). The van der Waals surface area contributed by atoms with Gasteiger partial charge < -0.3 is 25.4 Å². The van der Waals surface area contributed by atoms with E-state index >= 15 is 0 Å². The van der Waals surface area contributed by atoms with Crippen LogP contribution in [0.15, 0.2) is 30.3 Å². The Hall–Kier alpha value is -2.72. The first kappa shape index (κ1) is 26.3. The number of carbonyl (C=O) groups excluding carboxylic acids is 2. The minimum atomic E-state index is -0.881. The van der Waals surface area contributed by atoms with Crippen molar-refractivity contribution in [3.63, 3.8) is 0 Å². The third-order valence-electron chi connectivity index (χ3n) is 5.07. The van der Waals surface area contributed by atoms with Crippen molar-refractivity contribution in [3.8, 4) is 28.7 Å². The molecular formula is C22H10Cl6N2O6.